The number of thiocarbonyl (C=S) groups is 1. The average molecular weight is 411 g/mol. The summed E-state index contributed by atoms with van der Waals surface area (Å²) in [4.78, 5) is 14.3. The predicted molar refractivity (Wildman–Crippen MR) is 124 cm³/mol. The highest BCUT2D eigenvalue weighted by Crippen LogP contribution is 2.30. The molecule has 1 aromatic carbocycles. The van der Waals surface area contributed by atoms with E-state index in [0.717, 1.165) is 37.8 Å². The third-order valence-corrected chi connectivity index (χ3v) is 5.46. The molecule has 7 heteroatoms. The molecule has 154 valence electrons. The number of anilines is 3. The van der Waals surface area contributed by atoms with E-state index in [1.54, 1.807) is 0 Å². The Bertz CT molecular complexity index is 860. The van der Waals surface area contributed by atoms with Crippen molar-refractivity contribution in [2.75, 3.05) is 28.2 Å². The second-order valence-corrected chi connectivity index (χ2v) is 9.32. The van der Waals surface area contributed by atoms with Crippen LogP contribution in [0.25, 0.3) is 0 Å². The van der Waals surface area contributed by atoms with E-state index in [-0.39, 0.29) is 5.54 Å². The second-order valence-electron chi connectivity index (χ2n) is 8.91. The van der Waals surface area contributed by atoms with E-state index >= 15 is 0 Å². The topological polar surface area (TPSA) is 56.3 Å². The number of hydrogen-bond acceptors (Lipinski definition) is 5. The van der Waals surface area contributed by atoms with E-state index in [1.165, 1.54) is 30.4 Å². The van der Waals surface area contributed by atoms with Crippen molar-refractivity contribution in [2.24, 2.45) is 0 Å². The number of piperidine rings is 1. The van der Waals surface area contributed by atoms with Crippen LogP contribution in [0.3, 0.4) is 0 Å². The van der Waals surface area contributed by atoms with Crippen molar-refractivity contribution in [2.45, 2.75) is 58.7 Å². The van der Waals surface area contributed by atoms with Crippen molar-refractivity contribution in [3.05, 3.63) is 41.5 Å². The van der Waals surface area contributed by atoms with Gasteiger partial charge >= 0.3 is 0 Å². The summed E-state index contributed by atoms with van der Waals surface area (Å²) in [6.07, 6.45) is 3.71. The number of hydrogen-bond donors (Lipinski definition) is 2. The van der Waals surface area contributed by atoms with Crippen LogP contribution in [0, 0.1) is 0 Å². The Morgan fingerprint density at radius 2 is 1.52 bits per heavy atom. The zero-order chi connectivity index (χ0) is 20.4. The summed E-state index contributed by atoms with van der Waals surface area (Å²) in [7, 11) is 0. The van der Waals surface area contributed by atoms with Crippen molar-refractivity contribution in [3.63, 3.8) is 0 Å². The SMILES string of the molecule is CC(C)(C)NC(=S)Nc1nc(N2CCCCC2)cc(N2Cc3ccccc3C2)n1. The van der Waals surface area contributed by atoms with Crippen LogP contribution in [0.4, 0.5) is 17.6 Å². The summed E-state index contributed by atoms with van der Waals surface area (Å²) in [5, 5.41) is 7.04. The predicted octanol–water partition coefficient (Wildman–Crippen LogP) is 4.07. The molecule has 0 aliphatic carbocycles. The fourth-order valence-corrected chi connectivity index (χ4v) is 4.29. The van der Waals surface area contributed by atoms with Gasteiger partial charge in [-0.15, -0.1) is 0 Å². The zero-order valence-corrected chi connectivity index (χ0v) is 18.4. The molecule has 4 rings (SSSR count). The zero-order valence-electron chi connectivity index (χ0n) is 17.5. The van der Waals surface area contributed by atoms with Gasteiger partial charge in [0.15, 0.2) is 5.11 Å². The Morgan fingerprint density at radius 1 is 0.931 bits per heavy atom. The number of rotatable bonds is 3. The summed E-state index contributed by atoms with van der Waals surface area (Å²) in [5.41, 5.74) is 2.61. The molecule has 0 amide bonds. The molecule has 0 spiro atoms. The number of benzene rings is 1. The lowest BCUT2D eigenvalue weighted by Gasteiger charge is -2.29. The molecule has 1 saturated heterocycles. The minimum absolute atomic E-state index is 0.117. The lowest BCUT2D eigenvalue weighted by Crippen LogP contribution is -2.43. The summed E-state index contributed by atoms with van der Waals surface area (Å²) >= 11 is 5.49. The van der Waals surface area contributed by atoms with Gasteiger partial charge in [-0.1, -0.05) is 24.3 Å². The number of nitrogens with zero attached hydrogens (tertiary/aromatic N) is 4. The number of fused-ring (bicyclic) bond motifs is 1. The molecule has 1 aromatic heterocycles. The molecular weight excluding hydrogens is 380 g/mol. The van der Waals surface area contributed by atoms with E-state index in [0.29, 0.717) is 11.1 Å². The van der Waals surface area contributed by atoms with E-state index < -0.39 is 0 Å². The van der Waals surface area contributed by atoms with Crippen LogP contribution in [0.1, 0.15) is 51.2 Å². The Labute approximate surface area is 178 Å². The monoisotopic (exact) mass is 410 g/mol. The van der Waals surface area contributed by atoms with Crippen molar-refractivity contribution in [1.29, 1.82) is 0 Å². The smallest absolute Gasteiger partial charge is 0.232 e. The van der Waals surface area contributed by atoms with Gasteiger partial charge in [0.1, 0.15) is 11.6 Å². The first kappa shape index (κ1) is 19.9. The largest absolute Gasteiger partial charge is 0.358 e. The second kappa shape index (κ2) is 8.14. The van der Waals surface area contributed by atoms with Crippen molar-refractivity contribution in [3.8, 4) is 0 Å². The molecule has 2 N–H and O–H groups in total. The van der Waals surface area contributed by atoms with Crippen molar-refractivity contribution in [1.82, 2.24) is 15.3 Å². The van der Waals surface area contributed by atoms with Crippen molar-refractivity contribution >= 4 is 34.9 Å². The highest BCUT2D eigenvalue weighted by atomic mass is 32.1. The first-order valence-corrected chi connectivity index (χ1v) is 10.8. The Morgan fingerprint density at radius 3 is 2.10 bits per heavy atom. The first-order chi connectivity index (χ1) is 13.9. The first-order valence-electron chi connectivity index (χ1n) is 10.4. The van der Waals surface area contributed by atoms with Crippen LogP contribution in [-0.2, 0) is 13.1 Å². The van der Waals surface area contributed by atoms with Crippen LogP contribution in [0.5, 0.6) is 0 Å². The number of nitrogens with one attached hydrogen (secondary N) is 2. The van der Waals surface area contributed by atoms with Gasteiger partial charge in [0.05, 0.1) is 0 Å². The lowest BCUT2D eigenvalue weighted by atomic mass is 10.1. The van der Waals surface area contributed by atoms with Gasteiger partial charge in [-0.25, -0.2) is 0 Å². The molecule has 6 nitrogen and oxygen atoms in total. The molecule has 0 bridgehead atoms. The van der Waals surface area contributed by atoms with Crippen LogP contribution in [0.2, 0.25) is 0 Å². The van der Waals surface area contributed by atoms with Gasteiger partial charge in [0.25, 0.3) is 0 Å². The van der Waals surface area contributed by atoms with Crippen molar-refractivity contribution < 1.29 is 0 Å². The van der Waals surface area contributed by atoms with E-state index in [4.69, 9.17) is 22.2 Å². The Balaban J connectivity index is 1.61. The Kier molecular flexibility index (Phi) is 5.58. The molecule has 29 heavy (non-hydrogen) atoms. The third-order valence-electron chi connectivity index (χ3n) is 5.26. The molecule has 0 radical (unpaired) electrons. The van der Waals surface area contributed by atoms with Crippen LogP contribution in [0.15, 0.2) is 30.3 Å². The fourth-order valence-electron chi connectivity index (χ4n) is 3.89. The lowest BCUT2D eigenvalue weighted by molar-refractivity contribution is 0.514. The maximum Gasteiger partial charge on any atom is 0.232 e. The quantitative estimate of drug-likeness (QED) is 0.740. The third kappa shape index (κ3) is 4.96. The fraction of sp³-hybridized carbons (Fsp3) is 0.500. The minimum atomic E-state index is -0.117. The molecule has 0 saturated carbocycles. The van der Waals surface area contributed by atoms with E-state index in [1.807, 2.05) is 0 Å². The maximum absolute atomic E-state index is 5.49. The van der Waals surface area contributed by atoms with Gasteiger partial charge in [0, 0.05) is 37.8 Å². The van der Waals surface area contributed by atoms with Crippen LogP contribution < -0.4 is 20.4 Å². The summed E-state index contributed by atoms with van der Waals surface area (Å²) in [6, 6.07) is 10.7. The average Bonchev–Trinajstić information content (AvgIpc) is 3.11. The standard InChI is InChI=1S/C22H30N6S/c1-22(2,3)26-21(29)25-20-23-18(27-11-7-4-8-12-27)13-19(24-20)28-14-16-9-5-6-10-17(16)15-28/h5-6,9-10,13H,4,7-8,11-12,14-15H2,1-3H3,(H2,23,24,25,26,29). The summed E-state index contributed by atoms with van der Waals surface area (Å²) < 4.78 is 0. The van der Waals surface area contributed by atoms with Gasteiger partial charge in [-0.05, 0) is 63.4 Å². The van der Waals surface area contributed by atoms with Crippen LogP contribution in [-0.4, -0.2) is 33.7 Å². The summed E-state index contributed by atoms with van der Waals surface area (Å²) in [5.74, 6) is 2.48. The minimum Gasteiger partial charge on any atom is -0.358 e. The highest BCUT2D eigenvalue weighted by molar-refractivity contribution is 7.80. The molecule has 3 heterocycles. The highest BCUT2D eigenvalue weighted by Gasteiger charge is 2.23. The summed E-state index contributed by atoms with van der Waals surface area (Å²) in [6.45, 7) is 10.1. The molecular formula is C22H30N6S. The van der Waals surface area contributed by atoms with Gasteiger partial charge < -0.3 is 20.4 Å². The number of aromatic nitrogens is 2. The normalized spacial score (nSPS) is 16.5. The molecule has 0 atom stereocenters. The van der Waals surface area contributed by atoms with E-state index in [9.17, 15) is 0 Å². The molecule has 2 aromatic rings. The Hall–Kier alpha value is -2.41. The van der Waals surface area contributed by atoms with Gasteiger partial charge in [-0.3, -0.25) is 0 Å². The molecule has 2 aliphatic rings. The molecule has 1 fully saturated rings. The maximum atomic E-state index is 5.49. The van der Waals surface area contributed by atoms with Gasteiger partial charge in [-0.2, -0.15) is 9.97 Å². The van der Waals surface area contributed by atoms with E-state index in [2.05, 4.69) is 71.5 Å². The molecule has 0 unspecified atom stereocenters. The molecule has 2 aliphatic heterocycles. The van der Waals surface area contributed by atoms with Crippen LogP contribution >= 0.6 is 12.2 Å². The van der Waals surface area contributed by atoms with Gasteiger partial charge in [0.2, 0.25) is 5.95 Å².